The molecule has 0 saturated heterocycles. The minimum absolute atomic E-state index is 0.0401. The molecule has 5 rings (SSSR count). The predicted molar refractivity (Wildman–Crippen MR) is 140 cm³/mol. The van der Waals surface area contributed by atoms with Gasteiger partial charge in [0.05, 0.1) is 29.7 Å². The summed E-state index contributed by atoms with van der Waals surface area (Å²) in [6.45, 7) is 4.34. The molecule has 1 unspecified atom stereocenters. The summed E-state index contributed by atoms with van der Waals surface area (Å²) in [5, 5.41) is 10.1. The van der Waals surface area contributed by atoms with E-state index in [1.165, 1.54) is 7.11 Å². The molecular formula is C29H35N3O4. The first-order valence-corrected chi connectivity index (χ1v) is 13.1. The van der Waals surface area contributed by atoms with E-state index in [2.05, 4.69) is 17.6 Å². The van der Waals surface area contributed by atoms with E-state index in [1.54, 1.807) is 4.90 Å². The quantitative estimate of drug-likeness (QED) is 0.468. The summed E-state index contributed by atoms with van der Waals surface area (Å²) < 4.78 is 7.41. The van der Waals surface area contributed by atoms with Crippen LogP contribution in [0.1, 0.15) is 74.9 Å². The van der Waals surface area contributed by atoms with E-state index < -0.39 is 11.9 Å². The lowest BCUT2D eigenvalue weighted by Crippen LogP contribution is -2.42. The number of rotatable bonds is 5. The fourth-order valence-electron chi connectivity index (χ4n) is 6.09. The van der Waals surface area contributed by atoms with Gasteiger partial charge >= 0.3 is 12.1 Å². The maximum Gasteiger partial charge on any atom is 0.414 e. The van der Waals surface area contributed by atoms with Crippen molar-refractivity contribution in [3.05, 3.63) is 59.4 Å². The van der Waals surface area contributed by atoms with Crippen molar-refractivity contribution in [3.8, 4) is 0 Å². The van der Waals surface area contributed by atoms with Gasteiger partial charge in [-0.1, -0.05) is 37.3 Å². The number of aromatic nitrogens is 2. The van der Waals surface area contributed by atoms with Crippen LogP contribution in [0.2, 0.25) is 0 Å². The second-order valence-corrected chi connectivity index (χ2v) is 10.5. The lowest BCUT2D eigenvalue weighted by molar-refractivity contribution is -0.138. The SMILES string of the molecule is COC(=O)N1c2ccc3c(nc(CC(C(=O)O)c4ccccc4)n3[C@H]3CC[C@H](C)CC3)c2CC[C@@H]1C. The number of aryl methyl sites for hydroxylation is 1. The third-order valence-corrected chi connectivity index (χ3v) is 8.14. The fourth-order valence-corrected chi connectivity index (χ4v) is 6.09. The smallest absolute Gasteiger partial charge is 0.414 e. The van der Waals surface area contributed by atoms with Crippen LogP contribution in [0.15, 0.2) is 42.5 Å². The Labute approximate surface area is 212 Å². The third-order valence-electron chi connectivity index (χ3n) is 8.14. The van der Waals surface area contributed by atoms with Gasteiger partial charge in [0.15, 0.2) is 0 Å². The van der Waals surface area contributed by atoms with Gasteiger partial charge in [-0.3, -0.25) is 9.69 Å². The number of methoxy groups -OCH3 is 1. The zero-order chi connectivity index (χ0) is 25.4. The number of hydrogen-bond acceptors (Lipinski definition) is 4. The first-order valence-electron chi connectivity index (χ1n) is 13.1. The molecule has 0 spiro atoms. The largest absolute Gasteiger partial charge is 0.481 e. The van der Waals surface area contributed by atoms with E-state index in [0.29, 0.717) is 18.4 Å². The molecule has 36 heavy (non-hydrogen) atoms. The Morgan fingerprint density at radius 1 is 1.06 bits per heavy atom. The lowest BCUT2D eigenvalue weighted by atomic mass is 9.87. The Morgan fingerprint density at radius 3 is 2.44 bits per heavy atom. The highest BCUT2D eigenvalue weighted by atomic mass is 16.5. The van der Waals surface area contributed by atoms with Crippen LogP contribution in [0, 0.1) is 5.92 Å². The van der Waals surface area contributed by atoms with Crippen molar-refractivity contribution in [1.82, 2.24) is 9.55 Å². The van der Waals surface area contributed by atoms with E-state index in [1.807, 2.05) is 43.3 Å². The Bertz CT molecular complexity index is 1260. The second kappa shape index (κ2) is 9.96. The first kappa shape index (κ1) is 24.3. The molecule has 1 amide bonds. The van der Waals surface area contributed by atoms with Crippen molar-refractivity contribution in [1.29, 1.82) is 0 Å². The fraction of sp³-hybridized carbons (Fsp3) is 0.483. The number of hydrogen-bond donors (Lipinski definition) is 1. The Balaban J connectivity index is 1.65. The summed E-state index contributed by atoms with van der Waals surface area (Å²) in [4.78, 5) is 31.9. The van der Waals surface area contributed by atoms with Crippen LogP contribution in [0.3, 0.4) is 0 Å². The first-order chi connectivity index (χ1) is 17.4. The van der Waals surface area contributed by atoms with E-state index in [4.69, 9.17) is 9.72 Å². The molecule has 3 aromatic rings. The summed E-state index contributed by atoms with van der Waals surface area (Å²) in [5.41, 5.74) is 4.61. The van der Waals surface area contributed by atoms with Crippen LogP contribution >= 0.6 is 0 Å². The van der Waals surface area contributed by atoms with E-state index in [0.717, 1.165) is 72.2 Å². The van der Waals surface area contributed by atoms with Crippen LogP contribution in [0.4, 0.5) is 10.5 Å². The van der Waals surface area contributed by atoms with E-state index in [9.17, 15) is 14.7 Å². The van der Waals surface area contributed by atoms with Gasteiger partial charge in [-0.15, -0.1) is 0 Å². The van der Waals surface area contributed by atoms with Crippen molar-refractivity contribution in [2.24, 2.45) is 5.92 Å². The van der Waals surface area contributed by atoms with Gasteiger partial charge in [-0.25, -0.2) is 9.78 Å². The van der Waals surface area contributed by atoms with Crippen molar-refractivity contribution in [2.75, 3.05) is 12.0 Å². The van der Waals surface area contributed by atoms with Crippen molar-refractivity contribution < 1.29 is 19.4 Å². The minimum Gasteiger partial charge on any atom is -0.481 e. The van der Waals surface area contributed by atoms with Crippen LogP contribution in [0.5, 0.6) is 0 Å². The molecule has 190 valence electrons. The molecule has 1 saturated carbocycles. The Hall–Kier alpha value is -3.35. The number of carboxylic acids is 1. The van der Waals surface area contributed by atoms with Crippen LogP contribution in [0.25, 0.3) is 11.0 Å². The van der Waals surface area contributed by atoms with Crippen LogP contribution in [-0.2, 0) is 22.4 Å². The van der Waals surface area contributed by atoms with Gasteiger partial charge in [-0.05, 0) is 69.1 Å². The predicted octanol–water partition coefficient (Wildman–Crippen LogP) is 6.11. The molecule has 1 aliphatic heterocycles. The summed E-state index contributed by atoms with van der Waals surface area (Å²) >= 11 is 0. The van der Waals surface area contributed by atoms with Gasteiger partial charge in [0.2, 0.25) is 0 Å². The number of ether oxygens (including phenoxy) is 1. The highest BCUT2D eigenvalue weighted by molar-refractivity contribution is 5.95. The standard InChI is InChI=1S/C29H35N3O4/c1-18-9-12-21(13-10-18)32-25-16-15-24-22(14-11-19(2)31(24)29(35)36-3)27(25)30-26(32)17-23(28(33)34)20-7-5-4-6-8-20/h4-8,15-16,18-19,21,23H,9-14,17H2,1-3H3,(H,33,34)/t18-,19-,21-,23?/m0/s1. The summed E-state index contributed by atoms with van der Waals surface area (Å²) in [6.07, 6.45) is 6.04. The average molecular weight is 490 g/mol. The van der Waals surface area contributed by atoms with Gasteiger partial charge in [0, 0.05) is 24.1 Å². The molecule has 1 fully saturated rings. The summed E-state index contributed by atoms with van der Waals surface area (Å²) in [6, 6.07) is 13.9. The molecule has 1 aromatic heterocycles. The number of nitrogens with zero attached hydrogens (tertiary/aromatic N) is 3. The number of carbonyl (C=O) groups is 2. The van der Waals surface area contributed by atoms with E-state index >= 15 is 0 Å². The molecule has 7 heteroatoms. The van der Waals surface area contributed by atoms with Gasteiger partial charge in [0.1, 0.15) is 5.82 Å². The van der Waals surface area contributed by atoms with Crippen molar-refractivity contribution in [3.63, 3.8) is 0 Å². The maximum atomic E-state index is 12.6. The second-order valence-electron chi connectivity index (χ2n) is 10.5. The zero-order valence-electron chi connectivity index (χ0n) is 21.3. The number of carboxylic acid groups (broad SMARTS) is 1. The van der Waals surface area contributed by atoms with Crippen LogP contribution < -0.4 is 4.90 Å². The molecule has 2 aromatic carbocycles. The van der Waals surface area contributed by atoms with Crippen LogP contribution in [-0.4, -0.2) is 39.9 Å². The highest BCUT2D eigenvalue weighted by Gasteiger charge is 2.33. The number of amides is 1. The zero-order valence-corrected chi connectivity index (χ0v) is 21.3. The minimum atomic E-state index is -0.843. The highest BCUT2D eigenvalue weighted by Crippen LogP contribution is 2.41. The van der Waals surface area contributed by atoms with Crippen molar-refractivity contribution in [2.45, 2.75) is 76.8 Å². The molecule has 0 radical (unpaired) electrons. The van der Waals surface area contributed by atoms with Gasteiger partial charge < -0.3 is 14.4 Å². The Kier molecular flexibility index (Phi) is 6.73. The molecule has 1 aliphatic carbocycles. The molecule has 7 nitrogen and oxygen atoms in total. The van der Waals surface area contributed by atoms with E-state index in [-0.39, 0.29) is 12.1 Å². The number of imidazole rings is 1. The molecule has 2 atom stereocenters. The molecule has 0 bridgehead atoms. The number of aliphatic carboxylic acids is 1. The topological polar surface area (TPSA) is 84.7 Å². The lowest BCUT2D eigenvalue weighted by Gasteiger charge is -2.34. The summed E-state index contributed by atoms with van der Waals surface area (Å²) in [7, 11) is 1.41. The monoisotopic (exact) mass is 489 g/mol. The molecular weight excluding hydrogens is 454 g/mol. The molecule has 2 aliphatic rings. The Morgan fingerprint density at radius 2 is 1.78 bits per heavy atom. The normalized spacial score (nSPS) is 22.8. The number of benzene rings is 2. The number of carbonyl (C=O) groups excluding carboxylic acids is 1. The molecule has 1 N–H and O–H groups in total. The average Bonchev–Trinajstić information content (AvgIpc) is 3.26. The van der Waals surface area contributed by atoms with Gasteiger partial charge in [0.25, 0.3) is 0 Å². The van der Waals surface area contributed by atoms with Crippen molar-refractivity contribution >= 4 is 28.8 Å². The third kappa shape index (κ3) is 4.36. The summed E-state index contributed by atoms with van der Waals surface area (Å²) in [5.74, 6) is 0.00682. The number of fused-ring (bicyclic) bond motifs is 3. The van der Waals surface area contributed by atoms with Gasteiger partial charge in [-0.2, -0.15) is 0 Å². The maximum absolute atomic E-state index is 12.6. The molecule has 2 heterocycles. The number of anilines is 1.